The Hall–Kier alpha value is -4.22. The van der Waals surface area contributed by atoms with Crippen molar-refractivity contribution in [3.8, 4) is 0 Å². The molecule has 0 saturated carbocycles. The molecule has 32 heavy (non-hydrogen) atoms. The SMILES string of the molecule is O=C(NNC(c1ccccc1)(c1ccccc1)c1ccccc1)C(=O)Nc1ccccc1. The number of carbonyl (C=O) groups is 2. The van der Waals surface area contributed by atoms with E-state index in [1.807, 2.05) is 97.1 Å². The van der Waals surface area contributed by atoms with Crippen molar-refractivity contribution < 1.29 is 9.59 Å². The Morgan fingerprint density at radius 3 is 1.28 bits per heavy atom. The summed E-state index contributed by atoms with van der Waals surface area (Å²) in [5.74, 6) is -1.55. The van der Waals surface area contributed by atoms with E-state index in [1.54, 1.807) is 24.3 Å². The molecule has 0 atom stereocenters. The third-order valence-corrected chi connectivity index (χ3v) is 5.22. The molecule has 0 aliphatic heterocycles. The Morgan fingerprint density at radius 1 is 0.500 bits per heavy atom. The van der Waals surface area contributed by atoms with Gasteiger partial charge in [-0.2, -0.15) is 0 Å². The van der Waals surface area contributed by atoms with E-state index < -0.39 is 17.4 Å². The summed E-state index contributed by atoms with van der Waals surface area (Å²) in [4.78, 5) is 25.2. The van der Waals surface area contributed by atoms with Gasteiger partial charge in [-0.25, -0.2) is 5.43 Å². The lowest BCUT2D eigenvalue weighted by Crippen LogP contribution is -2.55. The Labute approximate surface area is 187 Å². The first kappa shape index (κ1) is 21.0. The first-order chi connectivity index (χ1) is 15.7. The third kappa shape index (κ3) is 4.43. The number of hydrogen-bond donors (Lipinski definition) is 3. The van der Waals surface area contributed by atoms with E-state index in [1.165, 1.54) is 0 Å². The largest absolute Gasteiger partial charge is 0.323 e. The zero-order chi connectivity index (χ0) is 22.2. The molecule has 0 radical (unpaired) electrons. The van der Waals surface area contributed by atoms with Crippen molar-refractivity contribution in [1.29, 1.82) is 0 Å². The van der Waals surface area contributed by atoms with E-state index in [0.717, 1.165) is 16.7 Å². The van der Waals surface area contributed by atoms with Gasteiger partial charge in [0.25, 0.3) is 0 Å². The third-order valence-electron chi connectivity index (χ3n) is 5.22. The molecule has 0 unspecified atom stereocenters. The first-order valence-electron chi connectivity index (χ1n) is 10.3. The Bertz CT molecular complexity index is 1070. The van der Waals surface area contributed by atoms with Gasteiger partial charge in [0.05, 0.1) is 0 Å². The minimum atomic E-state index is -0.910. The maximum Gasteiger partial charge on any atom is 0.323 e. The van der Waals surface area contributed by atoms with Gasteiger partial charge in [0.15, 0.2) is 0 Å². The molecule has 0 aromatic heterocycles. The molecule has 158 valence electrons. The molecule has 0 saturated heterocycles. The van der Waals surface area contributed by atoms with Crippen LogP contribution in [-0.2, 0) is 15.1 Å². The molecular weight excluding hydrogens is 398 g/mol. The van der Waals surface area contributed by atoms with Crippen molar-refractivity contribution in [3.05, 3.63) is 138 Å². The van der Waals surface area contributed by atoms with E-state index >= 15 is 0 Å². The first-order valence-corrected chi connectivity index (χ1v) is 10.3. The van der Waals surface area contributed by atoms with Crippen LogP contribution in [0.25, 0.3) is 0 Å². The van der Waals surface area contributed by atoms with Crippen LogP contribution < -0.4 is 16.2 Å². The standard InChI is InChI=1S/C27H23N3O2/c31-25(28-24-19-11-4-12-20-24)26(32)29-30-27(21-13-5-1-6-14-21,22-15-7-2-8-16-22)23-17-9-3-10-18-23/h1-20,30H,(H,28,31)(H,29,32). The number of benzene rings is 4. The highest BCUT2D eigenvalue weighted by Gasteiger charge is 2.37. The van der Waals surface area contributed by atoms with Gasteiger partial charge in [-0.3, -0.25) is 15.0 Å². The second-order valence-corrected chi connectivity index (χ2v) is 7.25. The van der Waals surface area contributed by atoms with Crippen LogP contribution in [0.15, 0.2) is 121 Å². The summed E-state index contributed by atoms with van der Waals surface area (Å²) in [5.41, 5.74) is 8.22. The van der Waals surface area contributed by atoms with Gasteiger partial charge in [0.2, 0.25) is 0 Å². The van der Waals surface area contributed by atoms with E-state index in [4.69, 9.17) is 0 Å². The van der Waals surface area contributed by atoms with Gasteiger partial charge in [0, 0.05) is 5.69 Å². The molecule has 4 rings (SSSR count). The smallest absolute Gasteiger partial charge is 0.318 e. The topological polar surface area (TPSA) is 70.2 Å². The molecule has 0 bridgehead atoms. The average Bonchev–Trinajstić information content (AvgIpc) is 2.87. The second-order valence-electron chi connectivity index (χ2n) is 7.25. The van der Waals surface area contributed by atoms with Crippen LogP contribution in [-0.4, -0.2) is 11.8 Å². The van der Waals surface area contributed by atoms with Crippen molar-refractivity contribution in [2.75, 3.05) is 5.32 Å². The number of hydrogen-bond acceptors (Lipinski definition) is 3. The molecule has 0 fully saturated rings. The van der Waals surface area contributed by atoms with Crippen LogP contribution >= 0.6 is 0 Å². The maximum absolute atomic E-state index is 12.7. The minimum absolute atomic E-state index is 0.549. The summed E-state index contributed by atoms with van der Waals surface area (Å²) >= 11 is 0. The monoisotopic (exact) mass is 421 g/mol. The van der Waals surface area contributed by atoms with Crippen LogP contribution in [0.3, 0.4) is 0 Å². The van der Waals surface area contributed by atoms with E-state index in [-0.39, 0.29) is 0 Å². The van der Waals surface area contributed by atoms with Gasteiger partial charge in [0.1, 0.15) is 5.54 Å². The number of hydrazine groups is 1. The molecule has 0 aliphatic rings. The maximum atomic E-state index is 12.7. The van der Waals surface area contributed by atoms with Crippen LogP contribution in [0, 0.1) is 0 Å². The number of nitrogens with one attached hydrogen (secondary N) is 3. The summed E-state index contributed by atoms with van der Waals surface area (Å²) in [7, 11) is 0. The van der Waals surface area contributed by atoms with E-state index in [9.17, 15) is 9.59 Å². The molecule has 5 heteroatoms. The Kier molecular flexibility index (Phi) is 6.39. The predicted octanol–water partition coefficient (Wildman–Crippen LogP) is 4.24. The zero-order valence-electron chi connectivity index (χ0n) is 17.4. The summed E-state index contributed by atoms with van der Waals surface area (Å²) in [5, 5.41) is 2.61. The van der Waals surface area contributed by atoms with Crippen molar-refractivity contribution >= 4 is 17.5 Å². The number of anilines is 1. The van der Waals surface area contributed by atoms with E-state index in [0.29, 0.717) is 5.69 Å². The quantitative estimate of drug-likeness (QED) is 0.248. The molecule has 5 nitrogen and oxygen atoms in total. The Balaban J connectivity index is 1.70. The lowest BCUT2D eigenvalue weighted by atomic mass is 9.77. The van der Waals surface area contributed by atoms with Crippen LogP contribution in [0.1, 0.15) is 16.7 Å². The fourth-order valence-electron chi connectivity index (χ4n) is 3.70. The summed E-state index contributed by atoms with van der Waals surface area (Å²) < 4.78 is 0. The summed E-state index contributed by atoms with van der Waals surface area (Å²) in [6.07, 6.45) is 0. The molecule has 2 amide bonds. The number of para-hydroxylation sites is 1. The second kappa shape index (κ2) is 9.73. The van der Waals surface area contributed by atoms with Crippen LogP contribution in [0.5, 0.6) is 0 Å². The van der Waals surface area contributed by atoms with Gasteiger partial charge < -0.3 is 5.32 Å². The minimum Gasteiger partial charge on any atom is -0.318 e. The summed E-state index contributed by atoms with van der Waals surface area (Å²) in [6, 6.07) is 38.3. The lowest BCUT2D eigenvalue weighted by Gasteiger charge is -2.36. The van der Waals surface area contributed by atoms with Gasteiger partial charge >= 0.3 is 11.8 Å². The molecule has 4 aromatic rings. The van der Waals surface area contributed by atoms with Crippen molar-refractivity contribution in [3.63, 3.8) is 0 Å². The zero-order valence-corrected chi connectivity index (χ0v) is 17.4. The average molecular weight is 422 g/mol. The highest BCUT2D eigenvalue weighted by Crippen LogP contribution is 2.36. The molecule has 4 aromatic carbocycles. The molecule has 0 spiro atoms. The van der Waals surface area contributed by atoms with E-state index in [2.05, 4.69) is 16.2 Å². The highest BCUT2D eigenvalue weighted by molar-refractivity contribution is 6.39. The van der Waals surface area contributed by atoms with Crippen molar-refractivity contribution in [2.24, 2.45) is 0 Å². The predicted molar refractivity (Wildman–Crippen MR) is 126 cm³/mol. The normalized spacial score (nSPS) is 10.9. The van der Waals surface area contributed by atoms with Gasteiger partial charge in [-0.05, 0) is 28.8 Å². The number of carbonyl (C=O) groups excluding carboxylic acids is 2. The molecule has 0 aliphatic carbocycles. The van der Waals surface area contributed by atoms with Gasteiger partial charge in [-0.1, -0.05) is 109 Å². The molecule has 0 heterocycles. The number of amides is 2. The molecule has 3 N–H and O–H groups in total. The van der Waals surface area contributed by atoms with Crippen molar-refractivity contribution in [1.82, 2.24) is 10.9 Å². The van der Waals surface area contributed by atoms with Crippen LogP contribution in [0.4, 0.5) is 5.69 Å². The van der Waals surface area contributed by atoms with Crippen LogP contribution in [0.2, 0.25) is 0 Å². The van der Waals surface area contributed by atoms with Crippen molar-refractivity contribution in [2.45, 2.75) is 5.54 Å². The highest BCUT2D eigenvalue weighted by atomic mass is 16.2. The Morgan fingerprint density at radius 2 is 0.875 bits per heavy atom. The summed E-state index contributed by atoms with van der Waals surface area (Å²) in [6.45, 7) is 0. The number of rotatable bonds is 6. The van der Waals surface area contributed by atoms with Gasteiger partial charge in [-0.15, -0.1) is 0 Å². The molecular formula is C27H23N3O2. The fraction of sp³-hybridized carbons (Fsp3) is 0.0370. The lowest BCUT2D eigenvalue weighted by molar-refractivity contribution is -0.137. The fourth-order valence-corrected chi connectivity index (χ4v) is 3.70.